The van der Waals surface area contributed by atoms with Gasteiger partial charge in [-0.25, -0.2) is 4.39 Å². The largest absolute Gasteiger partial charge is 0.411 e. The van der Waals surface area contributed by atoms with E-state index in [1.54, 1.807) is 18.2 Å². The van der Waals surface area contributed by atoms with Crippen LogP contribution in [0.1, 0.15) is 36.7 Å². The van der Waals surface area contributed by atoms with E-state index in [-0.39, 0.29) is 33.6 Å². The van der Waals surface area contributed by atoms with E-state index in [4.69, 9.17) is 4.42 Å². The van der Waals surface area contributed by atoms with Gasteiger partial charge in [0.05, 0.1) is 11.3 Å². The van der Waals surface area contributed by atoms with Gasteiger partial charge in [0, 0.05) is 5.56 Å². The molecule has 0 radical (unpaired) electrons. The molecule has 2 aromatic carbocycles. The number of rotatable bonds is 5. The summed E-state index contributed by atoms with van der Waals surface area (Å²) in [6.07, 6.45) is 0. The number of thioether (sulfide) groups is 1. The van der Waals surface area contributed by atoms with Crippen molar-refractivity contribution in [3.8, 4) is 11.5 Å². The van der Waals surface area contributed by atoms with Crippen molar-refractivity contribution < 1.29 is 13.6 Å². The van der Waals surface area contributed by atoms with Gasteiger partial charge in [-0.05, 0) is 23.1 Å². The normalized spacial score (nSPS) is 11.5. The highest BCUT2D eigenvalue weighted by atomic mass is 32.2. The zero-order chi connectivity index (χ0) is 18.7. The maximum atomic E-state index is 13.7. The van der Waals surface area contributed by atoms with Gasteiger partial charge < -0.3 is 4.42 Å². The summed E-state index contributed by atoms with van der Waals surface area (Å²) < 4.78 is 19.2. The van der Waals surface area contributed by atoms with Crippen molar-refractivity contribution in [1.29, 1.82) is 0 Å². The molecule has 3 aromatic rings. The van der Waals surface area contributed by atoms with E-state index in [0.717, 1.165) is 11.8 Å². The number of carbonyl (C=O) groups excluding carboxylic acids is 1. The SMILES string of the molecule is CC(C)(C)c1ccc(C(=O)CSc2nnc(-c3ccccc3F)o2)cc1. The van der Waals surface area contributed by atoms with Gasteiger partial charge in [-0.3, -0.25) is 4.79 Å². The zero-order valence-corrected chi connectivity index (χ0v) is 15.6. The molecule has 134 valence electrons. The highest BCUT2D eigenvalue weighted by molar-refractivity contribution is 7.99. The van der Waals surface area contributed by atoms with Crippen LogP contribution >= 0.6 is 11.8 Å². The second-order valence-corrected chi connectivity index (χ2v) is 7.82. The molecule has 0 saturated heterocycles. The summed E-state index contributed by atoms with van der Waals surface area (Å²) in [7, 11) is 0. The summed E-state index contributed by atoms with van der Waals surface area (Å²) >= 11 is 1.14. The highest BCUT2D eigenvalue weighted by Gasteiger charge is 2.16. The summed E-state index contributed by atoms with van der Waals surface area (Å²) in [5.74, 6) is -0.176. The van der Waals surface area contributed by atoms with Crippen LogP contribution in [-0.2, 0) is 5.41 Å². The van der Waals surface area contributed by atoms with Crippen LogP contribution in [-0.4, -0.2) is 21.7 Å². The van der Waals surface area contributed by atoms with Crippen molar-refractivity contribution in [2.24, 2.45) is 0 Å². The molecule has 0 atom stereocenters. The Kier molecular flexibility index (Phi) is 5.23. The maximum absolute atomic E-state index is 13.7. The Balaban J connectivity index is 1.64. The van der Waals surface area contributed by atoms with Crippen LogP contribution < -0.4 is 0 Å². The Bertz CT molecular complexity index is 914. The molecule has 26 heavy (non-hydrogen) atoms. The first-order valence-corrected chi connectivity index (χ1v) is 9.18. The van der Waals surface area contributed by atoms with Crippen molar-refractivity contribution >= 4 is 17.5 Å². The fourth-order valence-electron chi connectivity index (χ4n) is 2.38. The van der Waals surface area contributed by atoms with Crippen molar-refractivity contribution in [3.05, 3.63) is 65.5 Å². The van der Waals surface area contributed by atoms with E-state index in [9.17, 15) is 9.18 Å². The molecule has 0 bridgehead atoms. The molecule has 0 saturated carbocycles. The van der Waals surface area contributed by atoms with Crippen molar-refractivity contribution in [2.75, 3.05) is 5.75 Å². The molecule has 1 heterocycles. The monoisotopic (exact) mass is 370 g/mol. The highest BCUT2D eigenvalue weighted by Crippen LogP contribution is 2.26. The smallest absolute Gasteiger partial charge is 0.277 e. The number of hydrogen-bond acceptors (Lipinski definition) is 5. The summed E-state index contributed by atoms with van der Waals surface area (Å²) in [6.45, 7) is 6.38. The van der Waals surface area contributed by atoms with Crippen LogP contribution in [0, 0.1) is 5.82 Å². The minimum atomic E-state index is -0.428. The standard InChI is InChI=1S/C20H19FN2O2S/c1-20(2,3)14-10-8-13(9-11-14)17(24)12-26-19-23-22-18(25-19)15-6-4-5-7-16(15)21/h4-11H,12H2,1-3H3. The van der Waals surface area contributed by atoms with Gasteiger partial charge in [0.2, 0.25) is 0 Å². The lowest BCUT2D eigenvalue weighted by molar-refractivity contribution is 0.102. The summed E-state index contributed by atoms with van der Waals surface area (Å²) in [4.78, 5) is 12.3. The number of carbonyl (C=O) groups is 1. The molecule has 0 fully saturated rings. The molecule has 0 aliphatic heterocycles. The molecule has 0 aliphatic carbocycles. The summed E-state index contributed by atoms with van der Waals surface area (Å²) in [5.41, 5.74) is 2.10. The molecule has 0 N–H and O–H groups in total. The molecule has 0 aliphatic rings. The van der Waals surface area contributed by atoms with E-state index < -0.39 is 5.82 Å². The Hall–Kier alpha value is -2.47. The number of hydrogen-bond donors (Lipinski definition) is 0. The van der Waals surface area contributed by atoms with Gasteiger partial charge in [0.1, 0.15) is 5.82 Å². The first-order valence-electron chi connectivity index (χ1n) is 8.19. The minimum absolute atomic E-state index is 0.0268. The van der Waals surface area contributed by atoms with Gasteiger partial charge in [0.25, 0.3) is 11.1 Å². The molecule has 3 rings (SSSR count). The molecule has 4 nitrogen and oxygen atoms in total. The van der Waals surface area contributed by atoms with Crippen LogP contribution in [0.15, 0.2) is 58.2 Å². The van der Waals surface area contributed by atoms with Gasteiger partial charge in [-0.2, -0.15) is 0 Å². The van der Waals surface area contributed by atoms with E-state index in [0.29, 0.717) is 5.56 Å². The number of halogens is 1. The quantitative estimate of drug-likeness (QED) is 0.459. The van der Waals surface area contributed by atoms with Crippen LogP contribution in [0.4, 0.5) is 4.39 Å². The molecule has 0 unspecified atom stereocenters. The Morgan fingerprint density at radius 3 is 2.42 bits per heavy atom. The third-order valence-electron chi connectivity index (χ3n) is 3.91. The zero-order valence-electron chi connectivity index (χ0n) is 14.8. The Labute approximate surface area is 155 Å². The van der Waals surface area contributed by atoms with Gasteiger partial charge in [0.15, 0.2) is 5.78 Å². The second kappa shape index (κ2) is 7.41. The number of ketones is 1. The predicted octanol–water partition coefficient (Wildman–Crippen LogP) is 5.15. The van der Waals surface area contributed by atoms with Gasteiger partial charge in [-0.1, -0.05) is 68.9 Å². The lowest BCUT2D eigenvalue weighted by Gasteiger charge is -2.18. The lowest BCUT2D eigenvalue weighted by Crippen LogP contribution is -2.11. The lowest BCUT2D eigenvalue weighted by atomic mass is 9.86. The molecule has 6 heteroatoms. The predicted molar refractivity (Wildman–Crippen MR) is 99.9 cm³/mol. The topological polar surface area (TPSA) is 56.0 Å². The van der Waals surface area contributed by atoms with E-state index >= 15 is 0 Å². The maximum Gasteiger partial charge on any atom is 0.277 e. The number of Topliss-reactive ketones (excluding diaryl/α,β-unsaturated/α-hetero) is 1. The van der Waals surface area contributed by atoms with Crippen LogP contribution in [0.25, 0.3) is 11.5 Å². The minimum Gasteiger partial charge on any atom is -0.411 e. The fourth-order valence-corrected chi connectivity index (χ4v) is 3.04. The third kappa shape index (κ3) is 4.19. The van der Waals surface area contributed by atoms with Gasteiger partial charge in [-0.15, -0.1) is 10.2 Å². The molecular weight excluding hydrogens is 351 g/mol. The molecule has 0 amide bonds. The Morgan fingerprint density at radius 2 is 1.77 bits per heavy atom. The Morgan fingerprint density at radius 1 is 1.08 bits per heavy atom. The van der Waals surface area contributed by atoms with Gasteiger partial charge >= 0.3 is 0 Å². The first kappa shape index (κ1) is 18.3. The van der Waals surface area contributed by atoms with Crippen molar-refractivity contribution in [3.63, 3.8) is 0 Å². The first-order chi connectivity index (χ1) is 12.3. The van der Waals surface area contributed by atoms with Crippen molar-refractivity contribution in [2.45, 2.75) is 31.4 Å². The fraction of sp³-hybridized carbons (Fsp3) is 0.250. The van der Waals surface area contributed by atoms with Crippen LogP contribution in [0.5, 0.6) is 0 Å². The molecule has 0 spiro atoms. The van der Waals surface area contributed by atoms with E-state index in [1.165, 1.54) is 11.6 Å². The summed E-state index contributed by atoms with van der Waals surface area (Å²) in [6, 6.07) is 13.8. The summed E-state index contributed by atoms with van der Waals surface area (Å²) in [5, 5.41) is 7.96. The average molecular weight is 370 g/mol. The van der Waals surface area contributed by atoms with E-state index in [1.807, 2.05) is 24.3 Å². The van der Waals surface area contributed by atoms with E-state index in [2.05, 4.69) is 31.0 Å². The van der Waals surface area contributed by atoms with Crippen molar-refractivity contribution in [1.82, 2.24) is 10.2 Å². The number of benzene rings is 2. The number of nitrogens with zero attached hydrogens (tertiary/aromatic N) is 2. The number of aromatic nitrogens is 2. The molecule has 1 aromatic heterocycles. The molecular formula is C20H19FN2O2S. The third-order valence-corrected chi connectivity index (χ3v) is 4.73. The average Bonchev–Trinajstić information content (AvgIpc) is 3.08. The van der Waals surface area contributed by atoms with Crippen LogP contribution in [0.2, 0.25) is 0 Å². The second-order valence-electron chi connectivity index (χ2n) is 6.89. The van der Waals surface area contributed by atoms with Crippen LogP contribution in [0.3, 0.4) is 0 Å².